The third-order valence-corrected chi connectivity index (χ3v) is 10.7. The first kappa shape index (κ1) is 23.2. The van der Waals surface area contributed by atoms with Crippen LogP contribution in [0.3, 0.4) is 0 Å². The summed E-state index contributed by atoms with van der Waals surface area (Å²) in [5.41, 5.74) is -1.77. The zero-order chi connectivity index (χ0) is 24.2. The molecule has 0 aromatic heterocycles. The van der Waals surface area contributed by atoms with Crippen molar-refractivity contribution in [2.45, 2.75) is 90.5 Å². The van der Waals surface area contributed by atoms with Crippen LogP contribution in [0.15, 0.2) is 0 Å². The van der Waals surface area contributed by atoms with E-state index in [9.17, 15) is 18.4 Å². The molecule has 0 radical (unpaired) electrons. The minimum absolute atomic E-state index is 0.0945. The standard InChI is InChI=1S/C27H38F2O5/c1-5-26(15-7-13-6-14(9-15)10-16(26)8-13)34-24(31)20-17-11-18-21(20)23(30)33-22(18)19(17)12-32-27(28,29)25(2,3)4/h13-22H,5-12H2,1-4H3. The maximum atomic E-state index is 14.6. The Balaban J connectivity index is 1.22. The fourth-order valence-corrected chi connectivity index (χ4v) is 9.20. The highest BCUT2D eigenvalue weighted by atomic mass is 19.3. The van der Waals surface area contributed by atoms with Gasteiger partial charge >= 0.3 is 18.0 Å². The summed E-state index contributed by atoms with van der Waals surface area (Å²) in [6.45, 7) is 6.23. The predicted octanol–water partition coefficient (Wildman–Crippen LogP) is 5.21. The molecule has 34 heavy (non-hydrogen) atoms. The van der Waals surface area contributed by atoms with Crippen LogP contribution in [0.25, 0.3) is 0 Å². The van der Waals surface area contributed by atoms with Gasteiger partial charge in [-0.15, -0.1) is 0 Å². The third kappa shape index (κ3) is 3.10. The van der Waals surface area contributed by atoms with E-state index in [2.05, 4.69) is 6.92 Å². The molecule has 7 fully saturated rings. The highest BCUT2D eigenvalue weighted by Crippen LogP contribution is 2.64. The van der Waals surface area contributed by atoms with Crippen LogP contribution in [0, 0.1) is 58.7 Å². The molecule has 190 valence electrons. The lowest BCUT2D eigenvalue weighted by Gasteiger charge is -2.60. The quantitative estimate of drug-likeness (QED) is 0.488. The van der Waals surface area contributed by atoms with Gasteiger partial charge in [0.15, 0.2) is 0 Å². The average molecular weight is 481 g/mol. The maximum absolute atomic E-state index is 14.6. The summed E-state index contributed by atoms with van der Waals surface area (Å²) in [6.07, 6.45) is 3.58. The summed E-state index contributed by atoms with van der Waals surface area (Å²) in [4.78, 5) is 26.6. The summed E-state index contributed by atoms with van der Waals surface area (Å²) >= 11 is 0. The number of carbonyl (C=O) groups excluding carboxylic acids is 2. The van der Waals surface area contributed by atoms with Gasteiger partial charge in [-0.05, 0) is 74.5 Å². The molecule has 0 aromatic carbocycles. The topological polar surface area (TPSA) is 61.8 Å². The van der Waals surface area contributed by atoms with Crippen molar-refractivity contribution in [3.8, 4) is 0 Å². The molecule has 6 aliphatic carbocycles. The fourth-order valence-electron chi connectivity index (χ4n) is 9.20. The average Bonchev–Trinajstić information content (AvgIpc) is 3.36. The second-order valence-electron chi connectivity index (χ2n) is 13.3. The van der Waals surface area contributed by atoms with Crippen molar-refractivity contribution in [3.05, 3.63) is 0 Å². The van der Waals surface area contributed by atoms with Crippen LogP contribution in [-0.4, -0.2) is 36.4 Å². The van der Waals surface area contributed by atoms with Crippen molar-refractivity contribution in [2.75, 3.05) is 6.61 Å². The van der Waals surface area contributed by atoms with Gasteiger partial charge in [0.1, 0.15) is 11.7 Å². The van der Waals surface area contributed by atoms with Crippen molar-refractivity contribution < 1.29 is 32.6 Å². The number of rotatable bonds is 6. The Labute approximate surface area is 200 Å². The molecule has 1 saturated heterocycles. The molecule has 0 spiro atoms. The van der Waals surface area contributed by atoms with E-state index in [0.717, 1.165) is 43.9 Å². The molecule has 6 bridgehead atoms. The summed E-state index contributed by atoms with van der Waals surface area (Å²) in [5.74, 6) is -0.107. The normalized spacial score (nSPS) is 48.5. The van der Waals surface area contributed by atoms with E-state index in [1.54, 1.807) is 0 Å². The van der Waals surface area contributed by atoms with Crippen LogP contribution >= 0.6 is 0 Å². The van der Waals surface area contributed by atoms with E-state index in [0.29, 0.717) is 18.3 Å². The molecule has 6 unspecified atom stereocenters. The van der Waals surface area contributed by atoms with E-state index in [4.69, 9.17) is 14.2 Å². The van der Waals surface area contributed by atoms with E-state index in [1.165, 1.54) is 27.2 Å². The van der Waals surface area contributed by atoms with Crippen LogP contribution in [0.5, 0.6) is 0 Å². The molecule has 7 rings (SSSR count). The Hall–Kier alpha value is -1.24. The molecule has 6 saturated carbocycles. The summed E-state index contributed by atoms with van der Waals surface area (Å²) in [6, 6.07) is 0. The van der Waals surface area contributed by atoms with Crippen molar-refractivity contribution in [1.29, 1.82) is 0 Å². The number of halogens is 2. The Bertz CT molecular complexity index is 851. The number of alkyl halides is 2. The fraction of sp³-hybridized carbons (Fsp3) is 0.926. The molecule has 7 aliphatic rings. The van der Waals surface area contributed by atoms with Gasteiger partial charge in [-0.3, -0.25) is 9.59 Å². The van der Waals surface area contributed by atoms with E-state index in [-0.39, 0.29) is 30.4 Å². The number of hydrogen-bond donors (Lipinski definition) is 0. The second-order valence-corrected chi connectivity index (χ2v) is 13.3. The maximum Gasteiger partial charge on any atom is 0.360 e. The third-order valence-electron chi connectivity index (χ3n) is 10.7. The van der Waals surface area contributed by atoms with Crippen LogP contribution < -0.4 is 0 Å². The minimum Gasteiger partial charge on any atom is -0.461 e. The van der Waals surface area contributed by atoms with E-state index < -0.39 is 41.0 Å². The van der Waals surface area contributed by atoms with Crippen LogP contribution in [0.4, 0.5) is 8.78 Å². The van der Waals surface area contributed by atoms with E-state index >= 15 is 0 Å². The van der Waals surface area contributed by atoms with Crippen LogP contribution in [0.1, 0.15) is 72.6 Å². The largest absolute Gasteiger partial charge is 0.461 e. The zero-order valence-corrected chi connectivity index (χ0v) is 20.7. The van der Waals surface area contributed by atoms with Crippen LogP contribution in [0.2, 0.25) is 0 Å². The molecular formula is C27H38F2O5. The second kappa shape index (κ2) is 7.39. The number of carbonyl (C=O) groups is 2. The lowest BCUT2D eigenvalue weighted by Crippen LogP contribution is -2.60. The Morgan fingerprint density at radius 1 is 1.03 bits per heavy atom. The summed E-state index contributed by atoms with van der Waals surface area (Å²) < 4.78 is 46.4. The van der Waals surface area contributed by atoms with Gasteiger partial charge in [0.25, 0.3) is 0 Å². The zero-order valence-electron chi connectivity index (χ0n) is 20.7. The first-order valence-corrected chi connectivity index (χ1v) is 13.4. The Kier molecular flexibility index (Phi) is 5.04. The highest BCUT2D eigenvalue weighted by Gasteiger charge is 2.70. The first-order valence-electron chi connectivity index (χ1n) is 13.4. The van der Waals surface area contributed by atoms with Crippen molar-refractivity contribution in [2.24, 2.45) is 58.7 Å². The number of esters is 2. The molecule has 5 nitrogen and oxygen atoms in total. The number of fused-ring (bicyclic) bond motifs is 1. The molecule has 1 heterocycles. The van der Waals surface area contributed by atoms with Crippen molar-refractivity contribution >= 4 is 11.9 Å². The molecule has 6 atom stereocenters. The summed E-state index contributed by atoms with van der Waals surface area (Å²) in [7, 11) is 0. The smallest absolute Gasteiger partial charge is 0.360 e. The molecule has 0 aromatic rings. The van der Waals surface area contributed by atoms with Gasteiger partial charge in [-0.2, -0.15) is 8.78 Å². The van der Waals surface area contributed by atoms with Gasteiger partial charge < -0.3 is 14.2 Å². The predicted molar refractivity (Wildman–Crippen MR) is 118 cm³/mol. The van der Waals surface area contributed by atoms with Crippen molar-refractivity contribution in [1.82, 2.24) is 0 Å². The molecule has 0 amide bonds. The Morgan fingerprint density at radius 2 is 1.65 bits per heavy atom. The van der Waals surface area contributed by atoms with Gasteiger partial charge in [-0.25, -0.2) is 0 Å². The lowest BCUT2D eigenvalue weighted by molar-refractivity contribution is -0.302. The molecule has 0 N–H and O–H groups in total. The molecular weight excluding hydrogens is 442 g/mol. The first-order chi connectivity index (χ1) is 15.9. The van der Waals surface area contributed by atoms with E-state index in [1.807, 2.05) is 0 Å². The minimum atomic E-state index is -3.31. The van der Waals surface area contributed by atoms with Gasteiger partial charge in [0, 0.05) is 11.8 Å². The van der Waals surface area contributed by atoms with Gasteiger partial charge in [0.05, 0.1) is 23.9 Å². The number of hydrogen-bond acceptors (Lipinski definition) is 5. The van der Waals surface area contributed by atoms with Crippen LogP contribution in [-0.2, 0) is 23.8 Å². The molecule has 7 heteroatoms. The highest BCUT2D eigenvalue weighted by molar-refractivity contribution is 5.86. The number of ether oxygens (including phenoxy) is 3. The van der Waals surface area contributed by atoms with Gasteiger partial charge in [0.2, 0.25) is 0 Å². The summed E-state index contributed by atoms with van der Waals surface area (Å²) in [5, 5.41) is 0. The molecule has 1 aliphatic heterocycles. The SMILES string of the molecule is CCC1(OC(=O)C2C3CC4C(OC(=O)C42)C3COC(F)(F)C(C)(C)C)C2CC3CC(C2)CC1C3. The van der Waals surface area contributed by atoms with Gasteiger partial charge in [-0.1, -0.05) is 27.7 Å². The Morgan fingerprint density at radius 3 is 2.21 bits per heavy atom. The lowest BCUT2D eigenvalue weighted by atomic mass is 9.49. The monoisotopic (exact) mass is 480 g/mol. The van der Waals surface area contributed by atoms with Crippen molar-refractivity contribution in [3.63, 3.8) is 0 Å².